The number of nitrogens with one attached hydrogen (secondary N) is 1. The maximum atomic E-state index is 10.6. The summed E-state index contributed by atoms with van der Waals surface area (Å²) in [4.78, 5) is 21.1. The van der Waals surface area contributed by atoms with Gasteiger partial charge in [-0.3, -0.25) is 14.3 Å². The summed E-state index contributed by atoms with van der Waals surface area (Å²) >= 11 is 0. The second-order valence-electron chi connectivity index (χ2n) is 9.03. The van der Waals surface area contributed by atoms with Crippen LogP contribution < -0.4 is 5.32 Å². The summed E-state index contributed by atoms with van der Waals surface area (Å²) in [5.41, 5.74) is 5.21. The number of rotatable bonds is 5. The van der Waals surface area contributed by atoms with E-state index >= 15 is 0 Å². The van der Waals surface area contributed by atoms with E-state index in [1.807, 2.05) is 0 Å². The summed E-state index contributed by atoms with van der Waals surface area (Å²) in [5.74, 6) is 0.0426. The van der Waals surface area contributed by atoms with Crippen molar-refractivity contribution < 1.29 is 9.59 Å². The summed E-state index contributed by atoms with van der Waals surface area (Å²) in [6, 6.07) is 11.9. The van der Waals surface area contributed by atoms with E-state index in [0.717, 1.165) is 12.1 Å². The fraction of sp³-hybridized carbons (Fsp3) is 0.577. The van der Waals surface area contributed by atoms with Crippen LogP contribution >= 0.6 is 0 Å². The zero-order valence-electron chi connectivity index (χ0n) is 19.3. The lowest BCUT2D eigenvalue weighted by atomic mass is 10.0. The maximum Gasteiger partial charge on any atom is 0.220 e. The molecule has 1 aromatic heterocycles. The molecule has 1 saturated heterocycles. The molecule has 1 atom stereocenters. The molecule has 0 spiro atoms. The van der Waals surface area contributed by atoms with Gasteiger partial charge in [-0.15, -0.1) is 0 Å². The highest BCUT2D eigenvalue weighted by atomic mass is 16.2. The number of aryl methyl sites for hydroxylation is 2. The number of carbonyl (C=O) groups is 2. The number of aromatic nitrogens is 2. The first-order valence-electron chi connectivity index (χ1n) is 11.9. The third-order valence-electron chi connectivity index (χ3n) is 6.34. The number of hydrogen-bond acceptors (Lipinski definition) is 3. The second kappa shape index (κ2) is 11.3. The van der Waals surface area contributed by atoms with Crippen molar-refractivity contribution in [3.63, 3.8) is 0 Å². The van der Waals surface area contributed by atoms with Crippen molar-refractivity contribution in [2.45, 2.75) is 84.6 Å². The average molecular weight is 424 g/mol. The normalized spacial score (nSPS) is 19.3. The van der Waals surface area contributed by atoms with Gasteiger partial charge in [0.1, 0.15) is 5.78 Å². The van der Waals surface area contributed by atoms with Crippen molar-refractivity contribution in [2.75, 3.05) is 6.54 Å². The molecule has 1 aromatic carbocycles. The predicted molar refractivity (Wildman–Crippen MR) is 125 cm³/mol. The third-order valence-corrected chi connectivity index (χ3v) is 6.34. The van der Waals surface area contributed by atoms with E-state index in [4.69, 9.17) is 5.10 Å². The molecule has 1 aliphatic carbocycles. The minimum Gasteiger partial charge on any atom is -0.355 e. The first kappa shape index (κ1) is 23.2. The van der Waals surface area contributed by atoms with Crippen molar-refractivity contribution >= 4 is 11.7 Å². The van der Waals surface area contributed by atoms with Crippen LogP contribution in [0.1, 0.15) is 82.5 Å². The molecule has 5 nitrogen and oxygen atoms in total. The van der Waals surface area contributed by atoms with Crippen molar-refractivity contribution in [1.82, 2.24) is 15.1 Å². The van der Waals surface area contributed by atoms with Gasteiger partial charge in [0.05, 0.1) is 17.4 Å². The Labute approximate surface area is 186 Å². The number of hydrogen-bond donors (Lipinski definition) is 1. The first-order chi connectivity index (χ1) is 15.0. The number of Topliss-reactive ketones (excluding diaryl/α,β-unsaturated/α-hetero) is 1. The van der Waals surface area contributed by atoms with Crippen LogP contribution in [0.3, 0.4) is 0 Å². The SMILES string of the molecule is CC(=O)C1CNC(=O)C1.CCCc1cccc(-c2cc(C)nn2C2CCCCCC2)c1. The number of benzene rings is 1. The molecule has 0 bridgehead atoms. The number of nitrogens with zero attached hydrogens (tertiary/aromatic N) is 2. The highest BCUT2D eigenvalue weighted by molar-refractivity contribution is 5.88. The summed E-state index contributed by atoms with van der Waals surface area (Å²) in [6.45, 7) is 6.41. The molecule has 31 heavy (non-hydrogen) atoms. The molecular formula is C26H37N3O2. The molecule has 1 saturated carbocycles. The van der Waals surface area contributed by atoms with E-state index in [9.17, 15) is 9.59 Å². The van der Waals surface area contributed by atoms with E-state index in [1.54, 1.807) is 0 Å². The Morgan fingerprint density at radius 3 is 2.48 bits per heavy atom. The Morgan fingerprint density at radius 1 is 1.16 bits per heavy atom. The van der Waals surface area contributed by atoms with Gasteiger partial charge in [-0.25, -0.2) is 0 Å². The van der Waals surface area contributed by atoms with E-state index in [0.29, 0.717) is 19.0 Å². The molecule has 4 rings (SSSR count). The van der Waals surface area contributed by atoms with Crippen molar-refractivity contribution in [1.29, 1.82) is 0 Å². The summed E-state index contributed by atoms with van der Waals surface area (Å²) < 4.78 is 2.33. The molecule has 2 heterocycles. The smallest absolute Gasteiger partial charge is 0.220 e. The molecule has 5 heteroatoms. The molecule has 1 amide bonds. The Bertz CT molecular complexity index is 879. The first-order valence-corrected chi connectivity index (χ1v) is 11.9. The van der Waals surface area contributed by atoms with Gasteiger partial charge in [0.15, 0.2) is 0 Å². The van der Waals surface area contributed by atoms with Gasteiger partial charge >= 0.3 is 0 Å². The van der Waals surface area contributed by atoms with Gasteiger partial charge in [-0.05, 0) is 50.8 Å². The van der Waals surface area contributed by atoms with Crippen LogP contribution in [-0.4, -0.2) is 28.0 Å². The van der Waals surface area contributed by atoms with Crippen molar-refractivity contribution in [3.8, 4) is 11.3 Å². The predicted octanol–water partition coefficient (Wildman–Crippen LogP) is 5.42. The van der Waals surface area contributed by atoms with E-state index in [1.165, 1.54) is 68.7 Å². The second-order valence-corrected chi connectivity index (χ2v) is 9.03. The zero-order chi connectivity index (χ0) is 22.2. The Balaban J connectivity index is 0.000000254. The van der Waals surface area contributed by atoms with Gasteiger partial charge in [-0.1, -0.05) is 57.2 Å². The van der Waals surface area contributed by atoms with Crippen molar-refractivity contribution in [3.05, 3.63) is 41.6 Å². The van der Waals surface area contributed by atoms with Gasteiger partial charge in [0.25, 0.3) is 0 Å². The van der Waals surface area contributed by atoms with Crippen LogP contribution in [0.25, 0.3) is 11.3 Å². The third kappa shape index (κ3) is 6.52. The standard InChI is InChI=1S/C20H28N2.C6H9NO2/c1-3-9-17-10-8-11-18(15-17)20-14-16(2)21-22(20)19-12-6-4-5-7-13-19;1-4(8)5-2-6(9)7-3-5/h8,10-11,14-15,19H,3-7,9,12-13H2,1-2H3;5H,2-3H2,1H3,(H,7,9). The average Bonchev–Trinajstić information content (AvgIpc) is 3.25. The lowest BCUT2D eigenvalue weighted by Crippen LogP contribution is -2.16. The van der Waals surface area contributed by atoms with Gasteiger partial charge in [0, 0.05) is 24.4 Å². The molecule has 168 valence electrons. The van der Waals surface area contributed by atoms with Crippen LogP contribution in [0.5, 0.6) is 0 Å². The molecule has 2 fully saturated rings. The van der Waals surface area contributed by atoms with Crippen LogP contribution in [0.4, 0.5) is 0 Å². The van der Waals surface area contributed by atoms with Gasteiger partial charge in [0.2, 0.25) is 5.91 Å². The summed E-state index contributed by atoms with van der Waals surface area (Å²) in [6.07, 6.45) is 10.8. The fourth-order valence-corrected chi connectivity index (χ4v) is 4.58. The van der Waals surface area contributed by atoms with Crippen LogP contribution in [0.2, 0.25) is 0 Å². The monoisotopic (exact) mass is 423 g/mol. The topological polar surface area (TPSA) is 64.0 Å². The molecule has 0 radical (unpaired) electrons. The lowest BCUT2D eigenvalue weighted by Gasteiger charge is -2.18. The molecule has 1 N–H and O–H groups in total. The van der Waals surface area contributed by atoms with Crippen molar-refractivity contribution in [2.24, 2.45) is 5.92 Å². The highest BCUT2D eigenvalue weighted by Gasteiger charge is 2.24. The molecule has 2 aliphatic rings. The van der Waals surface area contributed by atoms with E-state index in [2.05, 4.69) is 54.2 Å². The minimum absolute atomic E-state index is 0.00444. The van der Waals surface area contributed by atoms with Crippen LogP contribution in [0, 0.1) is 12.8 Å². The van der Waals surface area contributed by atoms with E-state index < -0.39 is 0 Å². The van der Waals surface area contributed by atoms with Crippen LogP contribution in [0.15, 0.2) is 30.3 Å². The molecule has 1 unspecified atom stereocenters. The van der Waals surface area contributed by atoms with E-state index in [-0.39, 0.29) is 17.6 Å². The molecular weight excluding hydrogens is 386 g/mol. The number of ketones is 1. The molecule has 1 aliphatic heterocycles. The summed E-state index contributed by atoms with van der Waals surface area (Å²) in [5, 5.41) is 7.44. The number of carbonyl (C=O) groups excluding carboxylic acids is 2. The lowest BCUT2D eigenvalue weighted by molar-refractivity contribution is -0.123. The highest BCUT2D eigenvalue weighted by Crippen LogP contribution is 2.32. The Kier molecular flexibility index (Phi) is 8.44. The minimum atomic E-state index is -0.0579. The summed E-state index contributed by atoms with van der Waals surface area (Å²) in [7, 11) is 0. The molecule has 2 aromatic rings. The quantitative estimate of drug-likeness (QED) is 0.653. The zero-order valence-corrected chi connectivity index (χ0v) is 19.3. The largest absolute Gasteiger partial charge is 0.355 e. The maximum absolute atomic E-state index is 10.6. The van der Waals surface area contributed by atoms with Crippen LogP contribution in [-0.2, 0) is 16.0 Å². The Hall–Kier alpha value is -2.43. The van der Waals surface area contributed by atoms with Gasteiger partial charge < -0.3 is 5.32 Å². The van der Waals surface area contributed by atoms with Gasteiger partial charge in [-0.2, -0.15) is 5.10 Å². The Morgan fingerprint density at radius 2 is 1.90 bits per heavy atom. The fourth-order valence-electron chi connectivity index (χ4n) is 4.58. The number of amides is 1.